The Morgan fingerprint density at radius 2 is 1.90 bits per heavy atom. The molecule has 0 saturated heterocycles. The summed E-state index contributed by atoms with van der Waals surface area (Å²) in [5.41, 5.74) is 3.38. The highest BCUT2D eigenvalue weighted by Gasteiger charge is 2.15. The number of fused-ring (bicyclic) bond motifs is 1. The quantitative estimate of drug-likeness (QED) is 0.266. The minimum atomic E-state index is -0.145. The molecule has 0 unspecified atom stereocenters. The molecular formula is C23H20N2O3S. The fourth-order valence-electron chi connectivity index (χ4n) is 3.08. The molecular weight excluding hydrogens is 384 g/mol. The van der Waals surface area contributed by atoms with Gasteiger partial charge >= 0.3 is 0 Å². The molecule has 2 aromatic heterocycles. The standard InChI is InChI=1S/C23H20N2O3S/c1-15-9-10-17(12-16(15)2)21(26)14-29-23-24-20-8-4-3-7-19(20)22(27)25(23)13-18-6-5-11-28-18/h3-12H,13-14H2,1-2H3. The van der Waals surface area contributed by atoms with Crippen LogP contribution in [0.5, 0.6) is 0 Å². The van der Waals surface area contributed by atoms with Gasteiger partial charge < -0.3 is 4.42 Å². The first-order chi connectivity index (χ1) is 14.0. The average Bonchev–Trinajstić information content (AvgIpc) is 3.24. The molecule has 0 spiro atoms. The van der Waals surface area contributed by atoms with Crippen LogP contribution in [-0.2, 0) is 6.54 Å². The number of ketones is 1. The van der Waals surface area contributed by atoms with Crippen molar-refractivity contribution in [2.45, 2.75) is 25.5 Å². The van der Waals surface area contributed by atoms with Gasteiger partial charge in [0.05, 0.1) is 29.5 Å². The van der Waals surface area contributed by atoms with Crippen LogP contribution in [-0.4, -0.2) is 21.1 Å². The third-order valence-corrected chi connectivity index (χ3v) is 5.86. The second-order valence-electron chi connectivity index (χ2n) is 6.89. The number of furan rings is 1. The molecule has 4 rings (SSSR count). The first-order valence-corrected chi connectivity index (χ1v) is 10.3. The molecule has 0 amide bonds. The van der Waals surface area contributed by atoms with Crippen LogP contribution in [0, 0.1) is 13.8 Å². The lowest BCUT2D eigenvalue weighted by Gasteiger charge is -2.12. The number of benzene rings is 2. The Morgan fingerprint density at radius 1 is 1.07 bits per heavy atom. The molecule has 0 aliphatic rings. The normalized spacial score (nSPS) is 11.1. The molecule has 29 heavy (non-hydrogen) atoms. The number of hydrogen-bond donors (Lipinski definition) is 0. The summed E-state index contributed by atoms with van der Waals surface area (Å²) in [5, 5.41) is 1.05. The van der Waals surface area contributed by atoms with Gasteiger partial charge in [0.25, 0.3) is 5.56 Å². The van der Waals surface area contributed by atoms with Crippen molar-refractivity contribution in [2.24, 2.45) is 0 Å². The number of Topliss-reactive ketones (excluding diaryl/α,β-unsaturated/α-hetero) is 1. The van der Waals surface area contributed by atoms with Crippen molar-refractivity contribution < 1.29 is 9.21 Å². The summed E-state index contributed by atoms with van der Waals surface area (Å²) in [5.74, 6) is 0.863. The van der Waals surface area contributed by atoms with Gasteiger partial charge in [-0.2, -0.15) is 0 Å². The third kappa shape index (κ3) is 4.03. The van der Waals surface area contributed by atoms with Crippen LogP contribution < -0.4 is 5.56 Å². The number of nitrogens with zero attached hydrogens (tertiary/aromatic N) is 2. The molecule has 5 nitrogen and oxygen atoms in total. The molecule has 0 bridgehead atoms. The maximum atomic E-state index is 13.1. The number of para-hydroxylation sites is 1. The average molecular weight is 404 g/mol. The highest BCUT2D eigenvalue weighted by Crippen LogP contribution is 2.21. The monoisotopic (exact) mass is 404 g/mol. The van der Waals surface area contributed by atoms with Crippen LogP contribution in [0.4, 0.5) is 0 Å². The molecule has 0 aliphatic carbocycles. The van der Waals surface area contributed by atoms with Crippen LogP contribution in [0.2, 0.25) is 0 Å². The van der Waals surface area contributed by atoms with E-state index in [1.807, 2.05) is 56.3 Å². The van der Waals surface area contributed by atoms with Crippen molar-refractivity contribution in [3.63, 3.8) is 0 Å². The first-order valence-electron chi connectivity index (χ1n) is 9.28. The molecule has 0 saturated carbocycles. The van der Waals surface area contributed by atoms with Crippen LogP contribution in [0.1, 0.15) is 27.2 Å². The van der Waals surface area contributed by atoms with Crippen LogP contribution in [0.3, 0.4) is 0 Å². The van der Waals surface area contributed by atoms with E-state index in [2.05, 4.69) is 4.98 Å². The second-order valence-corrected chi connectivity index (χ2v) is 7.84. The Bertz CT molecular complexity index is 1240. The van der Waals surface area contributed by atoms with E-state index >= 15 is 0 Å². The lowest BCUT2D eigenvalue weighted by Crippen LogP contribution is -2.24. The molecule has 2 heterocycles. The number of rotatable bonds is 6. The van der Waals surface area contributed by atoms with Crippen molar-refractivity contribution in [1.29, 1.82) is 0 Å². The van der Waals surface area contributed by atoms with Crippen molar-refractivity contribution in [3.05, 3.63) is 93.7 Å². The Kier molecular flexibility index (Phi) is 5.36. The smallest absolute Gasteiger partial charge is 0.262 e. The van der Waals surface area contributed by atoms with Crippen LogP contribution in [0.25, 0.3) is 10.9 Å². The second kappa shape index (κ2) is 8.09. The molecule has 2 aromatic carbocycles. The van der Waals surface area contributed by atoms with Crippen LogP contribution in [0.15, 0.2) is 75.2 Å². The largest absolute Gasteiger partial charge is 0.467 e. The van der Waals surface area contributed by atoms with E-state index in [0.29, 0.717) is 27.4 Å². The lowest BCUT2D eigenvalue weighted by atomic mass is 10.0. The zero-order chi connectivity index (χ0) is 20.4. The van der Waals surface area contributed by atoms with E-state index in [-0.39, 0.29) is 23.6 Å². The van der Waals surface area contributed by atoms with Crippen molar-refractivity contribution >= 4 is 28.4 Å². The lowest BCUT2D eigenvalue weighted by molar-refractivity contribution is 0.102. The predicted octanol–water partition coefficient (Wildman–Crippen LogP) is 4.63. The summed E-state index contributed by atoms with van der Waals surface area (Å²) in [6, 6.07) is 16.5. The van der Waals surface area contributed by atoms with E-state index in [9.17, 15) is 9.59 Å². The predicted molar refractivity (Wildman–Crippen MR) is 115 cm³/mol. The number of thioether (sulfide) groups is 1. The maximum absolute atomic E-state index is 13.1. The Hall–Kier alpha value is -3.12. The number of carbonyl (C=O) groups excluding carboxylic acids is 1. The molecule has 0 atom stereocenters. The highest BCUT2D eigenvalue weighted by atomic mass is 32.2. The van der Waals surface area contributed by atoms with E-state index in [0.717, 1.165) is 11.1 Å². The molecule has 0 fully saturated rings. The van der Waals surface area contributed by atoms with Gasteiger partial charge in [0.2, 0.25) is 0 Å². The molecule has 146 valence electrons. The fraction of sp³-hybridized carbons (Fsp3) is 0.174. The number of aromatic nitrogens is 2. The van der Waals surface area contributed by atoms with Gasteiger partial charge in [0.15, 0.2) is 10.9 Å². The van der Waals surface area contributed by atoms with Gasteiger partial charge in [-0.1, -0.05) is 36.0 Å². The summed E-state index contributed by atoms with van der Waals surface area (Å²) in [6.07, 6.45) is 1.57. The minimum Gasteiger partial charge on any atom is -0.467 e. The van der Waals surface area contributed by atoms with Crippen molar-refractivity contribution in [1.82, 2.24) is 9.55 Å². The van der Waals surface area contributed by atoms with Gasteiger partial charge in [-0.05, 0) is 55.3 Å². The van der Waals surface area contributed by atoms with Crippen molar-refractivity contribution in [3.8, 4) is 0 Å². The number of carbonyl (C=O) groups is 1. The zero-order valence-corrected chi connectivity index (χ0v) is 17.0. The van der Waals surface area contributed by atoms with E-state index < -0.39 is 0 Å². The van der Waals surface area contributed by atoms with Gasteiger partial charge in [0.1, 0.15) is 5.76 Å². The van der Waals surface area contributed by atoms with Gasteiger partial charge in [-0.15, -0.1) is 0 Å². The highest BCUT2D eigenvalue weighted by molar-refractivity contribution is 7.99. The van der Waals surface area contributed by atoms with Crippen molar-refractivity contribution in [2.75, 3.05) is 5.75 Å². The van der Waals surface area contributed by atoms with Gasteiger partial charge in [-0.3, -0.25) is 14.2 Å². The zero-order valence-electron chi connectivity index (χ0n) is 16.2. The minimum absolute atomic E-state index is 0.00468. The van der Waals surface area contributed by atoms with Crippen LogP contribution >= 0.6 is 11.8 Å². The molecule has 4 aromatic rings. The fourth-order valence-corrected chi connectivity index (χ4v) is 3.98. The summed E-state index contributed by atoms with van der Waals surface area (Å²) in [4.78, 5) is 30.4. The van der Waals surface area contributed by atoms with E-state index in [1.54, 1.807) is 23.0 Å². The summed E-state index contributed by atoms with van der Waals surface area (Å²) in [6.45, 7) is 4.28. The molecule has 0 aliphatic heterocycles. The van der Waals surface area contributed by atoms with Gasteiger partial charge in [-0.25, -0.2) is 4.98 Å². The van der Waals surface area contributed by atoms with E-state index in [4.69, 9.17) is 4.42 Å². The molecule has 0 radical (unpaired) electrons. The third-order valence-electron chi connectivity index (χ3n) is 4.88. The maximum Gasteiger partial charge on any atom is 0.262 e. The summed E-state index contributed by atoms with van der Waals surface area (Å²) in [7, 11) is 0. The summed E-state index contributed by atoms with van der Waals surface area (Å²) >= 11 is 1.27. The Labute approximate surface area is 172 Å². The molecule has 0 N–H and O–H groups in total. The Balaban J connectivity index is 1.67. The number of aryl methyl sites for hydroxylation is 2. The Morgan fingerprint density at radius 3 is 2.66 bits per heavy atom. The summed E-state index contributed by atoms with van der Waals surface area (Å²) < 4.78 is 6.98. The first kappa shape index (κ1) is 19.2. The topological polar surface area (TPSA) is 65.1 Å². The number of hydrogen-bond acceptors (Lipinski definition) is 5. The van der Waals surface area contributed by atoms with Gasteiger partial charge in [0, 0.05) is 5.56 Å². The SMILES string of the molecule is Cc1ccc(C(=O)CSc2nc3ccccc3c(=O)n2Cc2ccco2)cc1C. The molecule has 6 heteroatoms. The van der Waals surface area contributed by atoms with E-state index in [1.165, 1.54) is 11.8 Å².